The summed E-state index contributed by atoms with van der Waals surface area (Å²) in [5, 5.41) is 9.20. The third-order valence-electron chi connectivity index (χ3n) is 3.34. The molecule has 2 atom stereocenters. The molecule has 0 aromatic heterocycles. The van der Waals surface area contributed by atoms with Crippen LogP contribution in [0.15, 0.2) is 24.3 Å². The lowest BCUT2D eigenvalue weighted by molar-refractivity contribution is 0.0697. The highest BCUT2D eigenvalue weighted by Gasteiger charge is 2.24. The highest BCUT2D eigenvalue weighted by Crippen LogP contribution is 2.28. The van der Waals surface area contributed by atoms with Crippen LogP contribution in [-0.2, 0) is 0 Å². The van der Waals surface area contributed by atoms with E-state index in [1.54, 1.807) is 12.1 Å². The monoisotopic (exact) mass is 233 g/mol. The average molecular weight is 233 g/mol. The Kier molecular flexibility index (Phi) is 3.36. The summed E-state index contributed by atoms with van der Waals surface area (Å²) in [6.07, 6.45) is 1.23. The Bertz CT molecular complexity index is 406. The van der Waals surface area contributed by atoms with E-state index < -0.39 is 5.97 Å². The number of carboxylic acids is 1. The Hall–Kier alpha value is -1.51. The van der Waals surface area contributed by atoms with Crippen molar-refractivity contribution in [1.82, 2.24) is 0 Å². The van der Waals surface area contributed by atoms with Crippen molar-refractivity contribution in [3.63, 3.8) is 0 Å². The summed E-state index contributed by atoms with van der Waals surface area (Å²) >= 11 is 0. The molecule has 3 nitrogen and oxygen atoms in total. The largest absolute Gasteiger partial charge is 0.478 e. The molecular weight excluding hydrogens is 214 g/mol. The molecule has 1 fully saturated rings. The van der Waals surface area contributed by atoms with Gasteiger partial charge in [0.05, 0.1) is 11.3 Å². The molecule has 0 saturated carbocycles. The molecule has 17 heavy (non-hydrogen) atoms. The Morgan fingerprint density at radius 3 is 2.41 bits per heavy atom. The number of anilines is 1. The van der Waals surface area contributed by atoms with Gasteiger partial charge in [0.15, 0.2) is 0 Å². The van der Waals surface area contributed by atoms with E-state index in [4.69, 9.17) is 0 Å². The molecule has 92 valence electrons. The van der Waals surface area contributed by atoms with Gasteiger partial charge in [-0.1, -0.05) is 26.0 Å². The number of para-hydroxylation sites is 1. The van der Waals surface area contributed by atoms with E-state index in [9.17, 15) is 9.90 Å². The first-order chi connectivity index (χ1) is 8.08. The minimum absolute atomic E-state index is 0.411. The van der Waals surface area contributed by atoms with Crippen LogP contribution < -0.4 is 4.90 Å². The van der Waals surface area contributed by atoms with Crippen molar-refractivity contribution in [1.29, 1.82) is 0 Å². The topological polar surface area (TPSA) is 40.5 Å². The molecule has 1 aliphatic rings. The molecule has 3 heteroatoms. The van der Waals surface area contributed by atoms with E-state index in [2.05, 4.69) is 18.7 Å². The lowest BCUT2D eigenvalue weighted by atomic mass is 9.91. The van der Waals surface area contributed by atoms with Crippen LogP contribution in [0.3, 0.4) is 0 Å². The molecular formula is C14H19NO2. The van der Waals surface area contributed by atoms with E-state index in [1.807, 2.05) is 12.1 Å². The summed E-state index contributed by atoms with van der Waals surface area (Å²) in [6, 6.07) is 7.28. The van der Waals surface area contributed by atoms with Crippen LogP contribution in [0.5, 0.6) is 0 Å². The maximum atomic E-state index is 11.2. The number of carbonyl (C=O) groups is 1. The first-order valence-electron chi connectivity index (χ1n) is 6.15. The molecule has 0 aliphatic carbocycles. The van der Waals surface area contributed by atoms with Gasteiger partial charge in [0.25, 0.3) is 0 Å². The van der Waals surface area contributed by atoms with Crippen molar-refractivity contribution in [2.24, 2.45) is 11.8 Å². The summed E-state index contributed by atoms with van der Waals surface area (Å²) in [4.78, 5) is 13.4. The SMILES string of the molecule is C[C@@H]1C[C@@H](C)CN(c2ccccc2C(=O)O)C1. The number of rotatable bonds is 2. The van der Waals surface area contributed by atoms with Gasteiger partial charge in [-0.15, -0.1) is 0 Å². The zero-order valence-corrected chi connectivity index (χ0v) is 10.4. The predicted molar refractivity (Wildman–Crippen MR) is 68.6 cm³/mol. The van der Waals surface area contributed by atoms with Crippen LogP contribution in [0.1, 0.15) is 30.6 Å². The van der Waals surface area contributed by atoms with Gasteiger partial charge in [0.1, 0.15) is 0 Å². The number of piperidine rings is 1. The third-order valence-corrected chi connectivity index (χ3v) is 3.34. The molecule has 1 saturated heterocycles. The van der Waals surface area contributed by atoms with Crippen molar-refractivity contribution in [2.75, 3.05) is 18.0 Å². The van der Waals surface area contributed by atoms with Gasteiger partial charge in [-0.2, -0.15) is 0 Å². The van der Waals surface area contributed by atoms with Gasteiger partial charge >= 0.3 is 5.97 Å². The summed E-state index contributed by atoms with van der Waals surface area (Å²) in [6.45, 7) is 6.36. The molecule has 0 spiro atoms. The first-order valence-corrected chi connectivity index (χ1v) is 6.15. The van der Waals surface area contributed by atoms with E-state index in [0.29, 0.717) is 17.4 Å². The van der Waals surface area contributed by atoms with E-state index in [1.165, 1.54) is 6.42 Å². The molecule has 1 aliphatic heterocycles. The lowest BCUT2D eigenvalue weighted by Crippen LogP contribution is -2.39. The van der Waals surface area contributed by atoms with E-state index >= 15 is 0 Å². The lowest BCUT2D eigenvalue weighted by Gasteiger charge is -2.37. The van der Waals surface area contributed by atoms with Gasteiger partial charge in [-0.05, 0) is 30.4 Å². The fourth-order valence-electron chi connectivity index (χ4n) is 2.79. The number of hydrogen-bond donors (Lipinski definition) is 1. The predicted octanol–water partition coefficient (Wildman–Crippen LogP) is 2.87. The van der Waals surface area contributed by atoms with Crippen LogP contribution in [0.25, 0.3) is 0 Å². The zero-order chi connectivity index (χ0) is 12.4. The molecule has 1 aromatic carbocycles. The second-order valence-electron chi connectivity index (χ2n) is 5.17. The Morgan fingerprint density at radius 2 is 1.82 bits per heavy atom. The summed E-state index contributed by atoms with van der Waals surface area (Å²) < 4.78 is 0. The molecule has 0 unspecified atom stereocenters. The summed E-state index contributed by atoms with van der Waals surface area (Å²) in [5.41, 5.74) is 1.27. The van der Waals surface area contributed by atoms with Gasteiger partial charge < -0.3 is 10.0 Å². The number of hydrogen-bond acceptors (Lipinski definition) is 2. The van der Waals surface area contributed by atoms with Gasteiger partial charge in [0.2, 0.25) is 0 Å². The van der Waals surface area contributed by atoms with Crippen LogP contribution >= 0.6 is 0 Å². The normalized spacial score (nSPS) is 24.7. The van der Waals surface area contributed by atoms with E-state index in [-0.39, 0.29) is 0 Å². The first kappa shape index (κ1) is 12.0. The van der Waals surface area contributed by atoms with Crippen molar-refractivity contribution in [3.05, 3.63) is 29.8 Å². The van der Waals surface area contributed by atoms with E-state index in [0.717, 1.165) is 18.8 Å². The van der Waals surface area contributed by atoms with Gasteiger partial charge in [-0.3, -0.25) is 0 Å². The van der Waals surface area contributed by atoms with Gasteiger partial charge in [-0.25, -0.2) is 4.79 Å². The number of nitrogens with zero attached hydrogens (tertiary/aromatic N) is 1. The second kappa shape index (κ2) is 4.78. The van der Waals surface area contributed by atoms with Crippen LogP contribution in [0, 0.1) is 11.8 Å². The van der Waals surface area contributed by atoms with Crippen LogP contribution in [-0.4, -0.2) is 24.2 Å². The molecule has 0 radical (unpaired) electrons. The number of aromatic carboxylic acids is 1. The molecule has 0 amide bonds. The third kappa shape index (κ3) is 2.60. The maximum Gasteiger partial charge on any atom is 0.337 e. The Balaban J connectivity index is 2.30. The fourth-order valence-corrected chi connectivity index (χ4v) is 2.79. The number of benzene rings is 1. The zero-order valence-electron chi connectivity index (χ0n) is 10.4. The maximum absolute atomic E-state index is 11.2. The smallest absolute Gasteiger partial charge is 0.337 e. The van der Waals surface area contributed by atoms with Crippen LogP contribution in [0.2, 0.25) is 0 Å². The van der Waals surface area contributed by atoms with Crippen molar-refractivity contribution in [3.8, 4) is 0 Å². The Morgan fingerprint density at radius 1 is 1.24 bits per heavy atom. The van der Waals surface area contributed by atoms with Crippen molar-refractivity contribution < 1.29 is 9.90 Å². The summed E-state index contributed by atoms with van der Waals surface area (Å²) in [5.74, 6) is 0.410. The van der Waals surface area contributed by atoms with Crippen molar-refractivity contribution in [2.45, 2.75) is 20.3 Å². The average Bonchev–Trinajstić information content (AvgIpc) is 2.27. The molecule has 2 rings (SSSR count). The molecule has 0 bridgehead atoms. The molecule has 1 aromatic rings. The minimum atomic E-state index is -0.841. The standard InChI is InChI=1S/C14H19NO2/c1-10-7-11(2)9-15(8-10)13-6-4-3-5-12(13)14(16)17/h3-6,10-11H,7-9H2,1-2H3,(H,16,17)/t10-,11-/m1/s1. The van der Waals surface area contributed by atoms with Crippen molar-refractivity contribution >= 4 is 11.7 Å². The molecule has 1 heterocycles. The van der Waals surface area contributed by atoms with Gasteiger partial charge in [0, 0.05) is 13.1 Å². The number of carboxylic acid groups (broad SMARTS) is 1. The molecule has 1 N–H and O–H groups in total. The minimum Gasteiger partial charge on any atom is -0.478 e. The Labute approximate surface area is 102 Å². The summed E-state index contributed by atoms with van der Waals surface area (Å²) in [7, 11) is 0. The quantitative estimate of drug-likeness (QED) is 0.854. The highest BCUT2D eigenvalue weighted by atomic mass is 16.4. The fraction of sp³-hybridized carbons (Fsp3) is 0.500. The second-order valence-corrected chi connectivity index (χ2v) is 5.17. The highest BCUT2D eigenvalue weighted by molar-refractivity contribution is 5.94. The van der Waals surface area contributed by atoms with Crippen LogP contribution in [0.4, 0.5) is 5.69 Å².